The fraction of sp³-hybridized carbons (Fsp3) is 0.417. The van der Waals surface area contributed by atoms with Crippen LogP contribution in [-0.2, 0) is 16.4 Å². The summed E-state index contributed by atoms with van der Waals surface area (Å²) in [6.07, 6.45) is 0. The third kappa shape index (κ3) is 6.11. The number of nitrogen functional groups attached to an aromatic ring is 1. The van der Waals surface area contributed by atoms with Crippen LogP contribution in [0.25, 0.3) is 0 Å². The van der Waals surface area contributed by atoms with Crippen LogP contribution in [-0.4, -0.2) is 88.0 Å². The van der Waals surface area contributed by atoms with Crippen molar-refractivity contribution in [2.24, 2.45) is 5.84 Å². The van der Waals surface area contributed by atoms with E-state index in [0.29, 0.717) is 5.56 Å². The summed E-state index contributed by atoms with van der Waals surface area (Å²) in [6.45, 7) is 4.37. The zero-order valence-electron chi connectivity index (χ0n) is 19.9. The smallest absolute Gasteiger partial charge is 0.324 e. The number of carbonyl (C=O) groups excluding carboxylic acids is 2. The summed E-state index contributed by atoms with van der Waals surface area (Å²) in [5, 5.41) is 0. The molecule has 188 valence electrons. The average molecular weight is 501 g/mol. The summed E-state index contributed by atoms with van der Waals surface area (Å²) < 4.78 is 23.8. The Hall–Kier alpha value is -3.15. The largest absolute Gasteiger partial charge is 0.369 e. The molecule has 2 aromatic carbocycles. The van der Waals surface area contributed by atoms with Gasteiger partial charge in [-0.25, -0.2) is 19.1 Å². The van der Waals surface area contributed by atoms with E-state index in [-0.39, 0.29) is 43.1 Å². The predicted octanol–water partition coefficient (Wildman–Crippen LogP) is 0.899. The number of nitrogens with zero attached hydrogens (tertiary/aromatic N) is 4. The summed E-state index contributed by atoms with van der Waals surface area (Å²) in [6, 6.07) is 14.6. The predicted molar refractivity (Wildman–Crippen MR) is 136 cm³/mol. The lowest BCUT2D eigenvalue weighted by atomic mass is 10.1. The molecule has 2 aromatic rings. The van der Waals surface area contributed by atoms with Gasteiger partial charge in [-0.05, 0) is 42.9 Å². The molecule has 3 N–H and O–H groups in total. The van der Waals surface area contributed by atoms with Gasteiger partial charge in [0.05, 0.1) is 18.1 Å². The van der Waals surface area contributed by atoms with Crippen LogP contribution in [0.5, 0.6) is 0 Å². The maximum atomic E-state index is 13.6. The van der Waals surface area contributed by atoms with E-state index in [9.17, 15) is 18.0 Å². The Kier molecular flexibility index (Phi) is 7.58. The van der Waals surface area contributed by atoms with Crippen LogP contribution in [0, 0.1) is 0 Å². The van der Waals surface area contributed by atoms with Crippen LogP contribution in [0.4, 0.5) is 16.2 Å². The Bertz CT molecular complexity index is 1150. The number of amides is 3. The molecule has 0 radical (unpaired) electrons. The van der Waals surface area contributed by atoms with E-state index in [0.717, 1.165) is 43.1 Å². The molecular formula is C24H32N6O4S. The zero-order chi connectivity index (χ0) is 25.0. The van der Waals surface area contributed by atoms with Crippen molar-refractivity contribution in [2.45, 2.75) is 6.54 Å². The standard InChI is InChI=1S/C24H32N6O4S/c1-27-9-11-28(12-10-27)21-3-2-4-22(17-21)30(24(32)29-13-15-35(33,34)16-14-29)18-19-5-7-20(8-6-19)23(31)26-25/h2-8,17H,9-16,18,25H2,1H3,(H,26,31). The number of rotatable bonds is 5. The molecule has 2 heterocycles. The quantitative estimate of drug-likeness (QED) is 0.356. The van der Waals surface area contributed by atoms with E-state index in [1.807, 2.05) is 24.3 Å². The van der Waals surface area contributed by atoms with Crippen molar-refractivity contribution < 1.29 is 18.0 Å². The first kappa shape index (κ1) is 25.0. The zero-order valence-corrected chi connectivity index (χ0v) is 20.7. The van der Waals surface area contributed by atoms with Crippen LogP contribution in [0.3, 0.4) is 0 Å². The summed E-state index contributed by atoms with van der Waals surface area (Å²) in [7, 11) is -1.00. The summed E-state index contributed by atoms with van der Waals surface area (Å²) >= 11 is 0. The van der Waals surface area contributed by atoms with Crippen LogP contribution < -0.4 is 21.1 Å². The fourth-order valence-corrected chi connectivity index (χ4v) is 5.49. The van der Waals surface area contributed by atoms with E-state index in [1.165, 1.54) is 0 Å². The molecule has 10 nitrogen and oxygen atoms in total. The maximum absolute atomic E-state index is 13.6. The monoisotopic (exact) mass is 500 g/mol. The van der Waals surface area contributed by atoms with Crippen molar-refractivity contribution in [1.82, 2.24) is 15.2 Å². The third-order valence-electron chi connectivity index (χ3n) is 6.54. The average Bonchev–Trinajstić information content (AvgIpc) is 2.87. The summed E-state index contributed by atoms with van der Waals surface area (Å²) in [5.41, 5.74) is 5.15. The number of anilines is 2. The van der Waals surface area contributed by atoms with Crippen molar-refractivity contribution in [3.05, 3.63) is 59.7 Å². The van der Waals surface area contributed by atoms with Crippen molar-refractivity contribution in [3.63, 3.8) is 0 Å². The van der Waals surface area contributed by atoms with Gasteiger partial charge in [-0.3, -0.25) is 15.1 Å². The number of carbonyl (C=O) groups is 2. The Morgan fingerprint density at radius 2 is 1.63 bits per heavy atom. The molecule has 2 aliphatic rings. The highest BCUT2D eigenvalue weighted by Gasteiger charge is 2.29. The number of sulfone groups is 1. The van der Waals surface area contributed by atoms with E-state index >= 15 is 0 Å². The minimum Gasteiger partial charge on any atom is -0.369 e. The fourth-order valence-electron chi connectivity index (χ4n) is 4.29. The second-order valence-electron chi connectivity index (χ2n) is 8.99. The molecule has 2 saturated heterocycles. The van der Waals surface area contributed by atoms with Crippen LogP contribution >= 0.6 is 0 Å². The summed E-state index contributed by atoms with van der Waals surface area (Å²) in [4.78, 5) is 33.3. The molecule has 0 spiro atoms. The SMILES string of the molecule is CN1CCN(c2cccc(N(Cc3ccc(C(=O)NN)cc3)C(=O)N3CCS(=O)(=O)CC3)c2)CC1. The Labute approximate surface area is 206 Å². The first-order chi connectivity index (χ1) is 16.8. The third-order valence-corrected chi connectivity index (χ3v) is 8.15. The van der Waals surface area contributed by atoms with Crippen molar-refractivity contribution >= 4 is 33.2 Å². The van der Waals surface area contributed by atoms with Gasteiger partial charge in [0.15, 0.2) is 9.84 Å². The van der Waals surface area contributed by atoms with Gasteiger partial charge in [0.2, 0.25) is 0 Å². The highest BCUT2D eigenvalue weighted by Crippen LogP contribution is 2.26. The number of benzene rings is 2. The number of hydrogen-bond acceptors (Lipinski definition) is 7. The Morgan fingerprint density at radius 1 is 0.971 bits per heavy atom. The van der Waals surface area contributed by atoms with Gasteiger partial charge in [0.1, 0.15) is 0 Å². The molecule has 11 heteroatoms. The second kappa shape index (κ2) is 10.6. The highest BCUT2D eigenvalue weighted by atomic mass is 32.2. The van der Waals surface area contributed by atoms with Crippen LogP contribution in [0.1, 0.15) is 15.9 Å². The van der Waals surface area contributed by atoms with E-state index < -0.39 is 9.84 Å². The molecule has 0 saturated carbocycles. The molecule has 0 atom stereocenters. The van der Waals surface area contributed by atoms with Crippen LogP contribution in [0.2, 0.25) is 0 Å². The van der Waals surface area contributed by atoms with Crippen LogP contribution in [0.15, 0.2) is 48.5 Å². The number of hydrazine groups is 1. The van der Waals surface area contributed by atoms with Crippen molar-refractivity contribution in [2.75, 3.05) is 67.6 Å². The van der Waals surface area contributed by atoms with Gasteiger partial charge < -0.3 is 14.7 Å². The summed E-state index contributed by atoms with van der Waals surface area (Å²) in [5.74, 6) is 4.76. The lowest BCUT2D eigenvalue weighted by molar-refractivity contribution is 0.0953. The molecule has 2 aliphatic heterocycles. The molecule has 0 aliphatic carbocycles. The van der Waals surface area contributed by atoms with Gasteiger partial charge in [-0.2, -0.15) is 0 Å². The van der Waals surface area contributed by atoms with Gasteiger partial charge in [0.25, 0.3) is 5.91 Å². The lowest BCUT2D eigenvalue weighted by Crippen LogP contribution is -2.49. The molecule has 0 aromatic heterocycles. The molecule has 2 fully saturated rings. The highest BCUT2D eigenvalue weighted by molar-refractivity contribution is 7.91. The minimum atomic E-state index is -3.11. The first-order valence-corrected chi connectivity index (χ1v) is 13.5. The van der Waals surface area contributed by atoms with Gasteiger partial charge >= 0.3 is 6.03 Å². The number of hydrogen-bond donors (Lipinski definition) is 2. The molecule has 3 amide bonds. The molecule has 35 heavy (non-hydrogen) atoms. The van der Waals surface area contributed by atoms with Crippen molar-refractivity contribution in [3.8, 4) is 0 Å². The topological polar surface area (TPSA) is 119 Å². The molecular weight excluding hydrogens is 468 g/mol. The van der Waals surface area contributed by atoms with Crippen molar-refractivity contribution in [1.29, 1.82) is 0 Å². The Balaban J connectivity index is 1.60. The maximum Gasteiger partial charge on any atom is 0.324 e. The van der Waals surface area contributed by atoms with Gasteiger partial charge in [-0.15, -0.1) is 0 Å². The Morgan fingerprint density at radius 3 is 2.26 bits per heavy atom. The number of likely N-dealkylation sites (N-methyl/N-ethyl adjacent to an activating group) is 1. The molecule has 4 rings (SSSR count). The number of urea groups is 1. The second-order valence-corrected chi connectivity index (χ2v) is 11.3. The minimum absolute atomic E-state index is 0.0309. The van der Waals surface area contributed by atoms with E-state index in [2.05, 4.69) is 22.3 Å². The van der Waals surface area contributed by atoms with Gasteiger partial charge in [-0.1, -0.05) is 18.2 Å². The van der Waals surface area contributed by atoms with E-state index in [4.69, 9.17) is 5.84 Å². The molecule has 0 unspecified atom stereocenters. The molecule has 0 bridgehead atoms. The lowest BCUT2D eigenvalue weighted by Gasteiger charge is -2.36. The first-order valence-electron chi connectivity index (χ1n) is 11.7. The van der Waals surface area contributed by atoms with Gasteiger partial charge in [0, 0.05) is 56.2 Å². The number of nitrogens with two attached hydrogens (primary N) is 1. The number of piperazine rings is 1. The normalized spacial score (nSPS) is 18.2. The number of nitrogens with one attached hydrogen (secondary N) is 1. The van der Waals surface area contributed by atoms with E-state index in [1.54, 1.807) is 34.1 Å².